The molecule has 0 saturated heterocycles. The number of furan rings is 2. The van der Waals surface area contributed by atoms with Crippen LogP contribution >= 0.6 is 0 Å². The van der Waals surface area contributed by atoms with Crippen LogP contribution in [0.1, 0.15) is 0 Å². The molecule has 0 aliphatic rings. The molecule has 0 atom stereocenters. The second kappa shape index (κ2) is 13.3. The molecule has 9 aromatic carbocycles. The van der Waals surface area contributed by atoms with Crippen LogP contribution in [0.5, 0.6) is 0 Å². The average Bonchev–Trinajstić information content (AvgIpc) is 3.88. The molecule has 0 fully saturated rings. The maximum Gasteiger partial charge on any atom is 0.164 e. The van der Waals surface area contributed by atoms with Crippen molar-refractivity contribution >= 4 is 82.5 Å². The van der Waals surface area contributed by atoms with Gasteiger partial charge in [-0.25, -0.2) is 15.0 Å². The summed E-state index contributed by atoms with van der Waals surface area (Å²) in [7, 11) is 0. The van der Waals surface area contributed by atoms with E-state index in [1.54, 1.807) is 0 Å². The number of fused-ring (bicyclic) bond motifs is 9. The number of rotatable bonds is 6. The van der Waals surface area contributed by atoms with Crippen LogP contribution in [-0.4, -0.2) is 15.0 Å². The van der Waals surface area contributed by atoms with Crippen LogP contribution in [-0.2, 0) is 0 Å². The van der Waals surface area contributed by atoms with Crippen molar-refractivity contribution in [3.05, 3.63) is 194 Å². The summed E-state index contributed by atoms with van der Waals surface area (Å²) in [5.41, 5.74) is 8.88. The van der Waals surface area contributed by atoms with Crippen LogP contribution in [0.2, 0.25) is 0 Å². The van der Waals surface area contributed by atoms with Gasteiger partial charge in [0.25, 0.3) is 0 Å². The van der Waals surface area contributed by atoms with E-state index in [0.29, 0.717) is 17.5 Å². The molecule has 0 saturated carbocycles. The van der Waals surface area contributed by atoms with E-state index in [4.69, 9.17) is 23.8 Å². The zero-order valence-corrected chi connectivity index (χ0v) is 31.6. The molecule has 3 aromatic heterocycles. The van der Waals surface area contributed by atoms with Crippen molar-refractivity contribution in [2.75, 3.05) is 4.90 Å². The first-order valence-electron chi connectivity index (χ1n) is 19.7. The Morgan fingerprint density at radius 1 is 0.356 bits per heavy atom. The number of hydrogen-bond acceptors (Lipinski definition) is 6. The first kappa shape index (κ1) is 33.1. The summed E-state index contributed by atoms with van der Waals surface area (Å²) in [6, 6.07) is 66.8. The van der Waals surface area contributed by atoms with Gasteiger partial charge in [0, 0.05) is 61.1 Å². The van der Waals surface area contributed by atoms with E-state index >= 15 is 0 Å². The second-order valence-corrected chi connectivity index (χ2v) is 14.8. The number of anilines is 3. The third-order valence-electron chi connectivity index (χ3n) is 11.3. The third kappa shape index (κ3) is 5.46. The zero-order valence-electron chi connectivity index (χ0n) is 31.6. The first-order chi connectivity index (χ1) is 29.2. The molecule has 12 aromatic rings. The Balaban J connectivity index is 1.13. The lowest BCUT2D eigenvalue weighted by atomic mass is 9.97. The van der Waals surface area contributed by atoms with Gasteiger partial charge in [0.05, 0.1) is 5.69 Å². The van der Waals surface area contributed by atoms with E-state index in [-0.39, 0.29) is 0 Å². The molecule has 0 aliphatic heterocycles. The Morgan fingerprint density at radius 2 is 1.00 bits per heavy atom. The maximum atomic E-state index is 6.96. The Hall–Kier alpha value is -8.09. The third-order valence-corrected chi connectivity index (χ3v) is 11.3. The lowest BCUT2D eigenvalue weighted by Gasteiger charge is -2.27. The van der Waals surface area contributed by atoms with E-state index in [1.807, 2.05) is 66.7 Å². The fourth-order valence-electron chi connectivity index (χ4n) is 8.53. The van der Waals surface area contributed by atoms with Gasteiger partial charge in [-0.1, -0.05) is 133 Å². The van der Waals surface area contributed by atoms with E-state index in [9.17, 15) is 0 Å². The zero-order chi connectivity index (χ0) is 38.9. The largest absolute Gasteiger partial charge is 0.456 e. The Morgan fingerprint density at radius 3 is 1.83 bits per heavy atom. The fourth-order valence-corrected chi connectivity index (χ4v) is 8.53. The summed E-state index contributed by atoms with van der Waals surface area (Å²) < 4.78 is 13.4. The van der Waals surface area contributed by atoms with Gasteiger partial charge in [-0.3, -0.25) is 0 Å². The van der Waals surface area contributed by atoms with Crippen molar-refractivity contribution in [1.82, 2.24) is 15.0 Å². The minimum absolute atomic E-state index is 0.570. The number of hydrogen-bond donors (Lipinski definition) is 0. The minimum atomic E-state index is 0.570. The molecule has 0 unspecified atom stereocenters. The van der Waals surface area contributed by atoms with Crippen molar-refractivity contribution in [2.24, 2.45) is 0 Å². The molecule has 0 amide bonds. The number of para-hydroxylation sites is 3. The maximum absolute atomic E-state index is 6.96. The molecule has 0 aliphatic carbocycles. The first-order valence-corrected chi connectivity index (χ1v) is 19.7. The lowest BCUT2D eigenvalue weighted by molar-refractivity contribution is 0.669. The van der Waals surface area contributed by atoms with Gasteiger partial charge in [0.2, 0.25) is 0 Å². The number of aromatic nitrogens is 3. The van der Waals surface area contributed by atoms with Crippen LogP contribution < -0.4 is 4.90 Å². The SMILES string of the molecule is c1ccc(-c2nc(-c3ccc4ccccc4c3)nc(-c3cc4cccc(N(c5ccccc5)c5ccc6c(c5)oc5ccccc56)c4c4oc5ccccc5c34)n2)cc1. The van der Waals surface area contributed by atoms with Gasteiger partial charge >= 0.3 is 0 Å². The summed E-state index contributed by atoms with van der Waals surface area (Å²) in [6.07, 6.45) is 0. The average molecular weight is 757 g/mol. The molecule has 6 nitrogen and oxygen atoms in total. The summed E-state index contributed by atoms with van der Waals surface area (Å²) in [5.74, 6) is 1.77. The van der Waals surface area contributed by atoms with E-state index < -0.39 is 0 Å². The lowest BCUT2D eigenvalue weighted by Crippen LogP contribution is -2.10. The van der Waals surface area contributed by atoms with E-state index in [2.05, 4.69) is 132 Å². The summed E-state index contributed by atoms with van der Waals surface area (Å²) in [6.45, 7) is 0. The van der Waals surface area contributed by atoms with Crippen LogP contribution in [0.4, 0.5) is 17.1 Å². The summed E-state index contributed by atoms with van der Waals surface area (Å²) >= 11 is 0. The Kier molecular flexibility index (Phi) is 7.43. The second-order valence-electron chi connectivity index (χ2n) is 14.8. The molecular weight excluding hydrogens is 725 g/mol. The van der Waals surface area contributed by atoms with Crippen LogP contribution in [0, 0.1) is 0 Å². The van der Waals surface area contributed by atoms with E-state index in [1.165, 1.54) is 0 Å². The monoisotopic (exact) mass is 756 g/mol. The van der Waals surface area contributed by atoms with Gasteiger partial charge in [-0.2, -0.15) is 0 Å². The molecule has 3 heterocycles. The Bertz CT molecular complexity index is 3570. The highest BCUT2D eigenvalue weighted by molar-refractivity contribution is 6.24. The van der Waals surface area contributed by atoms with Crippen molar-refractivity contribution in [2.45, 2.75) is 0 Å². The van der Waals surface area contributed by atoms with Crippen molar-refractivity contribution < 1.29 is 8.83 Å². The fraction of sp³-hybridized carbons (Fsp3) is 0. The van der Waals surface area contributed by atoms with E-state index in [0.717, 1.165) is 99.2 Å². The molecule has 276 valence electrons. The van der Waals surface area contributed by atoms with Crippen molar-refractivity contribution in [3.8, 4) is 34.2 Å². The minimum Gasteiger partial charge on any atom is -0.456 e. The quantitative estimate of drug-likeness (QED) is 0.168. The highest BCUT2D eigenvalue weighted by atomic mass is 16.3. The molecule has 6 heteroatoms. The van der Waals surface area contributed by atoms with Gasteiger partial charge in [0.15, 0.2) is 17.5 Å². The van der Waals surface area contributed by atoms with Crippen LogP contribution in [0.25, 0.3) is 99.6 Å². The molecular formula is C53H32N4O2. The normalized spacial score (nSPS) is 11.7. The predicted molar refractivity (Wildman–Crippen MR) is 240 cm³/mol. The molecule has 0 radical (unpaired) electrons. The van der Waals surface area contributed by atoms with Crippen molar-refractivity contribution in [1.29, 1.82) is 0 Å². The number of nitrogens with zero attached hydrogens (tertiary/aromatic N) is 4. The topological polar surface area (TPSA) is 68.2 Å². The Labute approximate surface area is 338 Å². The van der Waals surface area contributed by atoms with Crippen LogP contribution in [0.15, 0.2) is 203 Å². The highest BCUT2D eigenvalue weighted by Crippen LogP contribution is 2.47. The molecule has 59 heavy (non-hydrogen) atoms. The van der Waals surface area contributed by atoms with Crippen molar-refractivity contribution in [3.63, 3.8) is 0 Å². The molecule has 0 spiro atoms. The van der Waals surface area contributed by atoms with Gasteiger partial charge in [-0.15, -0.1) is 0 Å². The molecule has 12 rings (SSSR count). The highest BCUT2D eigenvalue weighted by Gasteiger charge is 2.25. The predicted octanol–water partition coefficient (Wildman–Crippen LogP) is 14.4. The molecule has 0 bridgehead atoms. The summed E-state index contributed by atoms with van der Waals surface area (Å²) in [4.78, 5) is 17.9. The summed E-state index contributed by atoms with van der Waals surface area (Å²) in [5, 5.41) is 8.35. The number of benzene rings is 9. The standard InChI is InChI=1S/C53H32N4O2/c1-3-15-34(16-4-1)51-54-52(37-27-26-33-14-7-8-17-35(33)30-37)56-53(55-51)43-31-36-18-13-23-44(48(36)50-49(43)42-22-10-12-25-46(42)59-50)57(38-19-5-2-6-20-38)39-28-29-41-40-21-9-11-24-45(40)58-47(41)32-39/h1-32H. The smallest absolute Gasteiger partial charge is 0.164 e. The van der Waals surface area contributed by atoms with Crippen LogP contribution in [0.3, 0.4) is 0 Å². The van der Waals surface area contributed by atoms with Gasteiger partial charge < -0.3 is 13.7 Å². The van der Waals surface area contributed by atoms with Gasteiger partial charge in [-0.05, 0) is 70.8 Å². The van der Waals surface area contributed by atoms with Gasteiger partial charge in [0.1, 0.15) is 22.3 Å². The molecule has 0 N–H and O–H groups in total.